The minimum Gasteiger partial charge on any atom is -0.756 e. The Kier molecular flexibility index (Phi) is 57.0. The number of carbonyl (C=O) groups excluding carboxylic acids is 2. The smallest absolute Gasteiger partial charge is 0.306 e. The van der Waals surface area contributed by atoms with Gasteiger partial charge in [0.25, 0.3) is 7.82 Å². The fourth-order valence-electron chi connectivity index (χ4n) is 10.5. The summed E-state index contributed by atoms with van der Waals surface area (Å²) in [6.45, 7) is 6.91. The van der Waals surface area contributed by atoms with Gasteiger partial charge in [-0.05, 0) is 31.8 Å². The van der Waals surface area contributed by atoms with Crippen molar-refractivity contribution in [2.45, 2.75) is 367 Å². The van der Waals surface area contributed by atoms with E-state index in [1.54, 1.807) is 0 Å². The third-order valence-electron chi connectivity index (χ3n) is 15.7. The van der Waals surface area contributed by atoms with Gasteiger partial charge in [0.2, 0.25) is 5.91 Å². The van der Waals surface area contributed by atoms with Crippen LogP contribution in [0.25, 0.3) is 0 Å². The van der Waals surface area contributed by atoms with Crippen LogP contribution < -0.4 is 10.2 Å². The number of esters is 1. The molecular formula is C67H133N2O7P. The van der Waals surface area contributed by atoms with Crippen molar-refractivity contribution >= 4 is 19.7 Å². The molecule has 458 valence electrons. The van der Waals surface area contributed by atoms with Gasteiger partial charge in [-0.2, -0.15) is 0 Å². The van der Waals surface area contributed by atoms with E-state index in [0.29, 0.717) is 17.4 Å². The van der Waals surface area contributed by atoms with Crippen molar-refractivity contribution in [2.75, 3.05) is 40.9 Å². The standard InChI is InChI=1S/C67H133N2O7P/c1-7-10-13-16-19-22-25-28-30-31-32-33-34-35-36-37-39-41-44-47-50-53-56-59-66(70)68-64(63-75-77(72,73)74-62-61-69(4,5)6)65(58-55-52-49-46-43-40-27-24-21-18-15-12-9-3)76-67(71)60-57-54-51-48-45-42-38-29-26-23-20-17-14-11-8-2/h55,58,64-65H,7-54,56-57,59-63H2,1-6H3,(H-,68,70,72,73)/b58-55-. The van der Waals surface area contributed by atoms with Gasteiger partial charge in [-0.25, -0.2) is 0 Å². The maximum absolute atomic E-state index is 13.6. The second-order valence-electron chi connectivity index (χ2n) is 24.7. The van der Waals surface area contributed by atoms with E-state index in [9.17, 15) is 19.0 Å². The molecule has 0 aliphatic rings. The van der Waals surface area contributed by atoms with Gasteiger partial charge in [-0.15, -0.1) is 0 Å². The number of phosphoric ester groups is 1. The first-order valence-corrected chi connectivity index (χ1v) is 35.5. The van der Waals surface area contributed by atoms with Crippen LogP contribution >= 0.6 is 7.82 Å². The Bertz CT molecular complexity index is 1320. The molecule has 0 saturated heterocycles. The summed E-state index contributed by atoms with van der Waals surface area (Å²) in [5.41, 5.74) is 0. The fraction of sp³-hybridized carbons (Fsp3) is 0.940. The second-order valence-corrected chi connectivity index (χ2v) is 26.1. The minimum atomic E-state index is -4.69. The molecule has 0 heterocycles. The van der Waals surface area contributed by atoms with Gasteiger partial charge >= 0.3 is 5.97 Å². The van der Waals surface area contributed by atoms with Crippen LogP contribution in [0.5, 0.6) is 0 Å². The first kappa shape index (κ1) is 75.8. The molecular weight excluding hydrogens is 976 g/mol. The molecule has 0 aromatic rings. The molecule has 0 saturated carbocycles. The van der Waals surface area contributed by atoms with Gasteiger partial charge in [-0.3, -0.25) is 14.2 Å². The van der Waals surface area contributed by atoms with Crippen LogP contribution in [-0.2, 0) is 27.9 Å². The number of carbonyl (C=O) groups is 2. The predicted octanol–water partition coefficient (Wildman–Crippen LogP) is 20.5. The number of hydrogen-bond donors (Lipinski definition) is 1. The molecule has 0 spiro atoms. The Labute approximate surface area is 480 Å². The van der Waals surface area contributed by atoms with Crippen molar-refractivity contribution in [2.24, 2.45) is 0 Å². The Hall–Kier alpha value is -1.25. The van der Waals surface area contributed by atoms with Crippen LogP contribution in [0.4, 0.5) is 0 Å². The first-order chi connectivity index (χ1) is 37.4. The van der Waals surface area contributed by atoms with E-state index in [4.69, 9.17) is 13.8 Å². The summed E-state index contributed by atoms with van der Waals surface area (Å²) in [5.74, 6) is -0.515. The number of allylic oxidation sites excluding steroid dienone is 1. The van der Waals surface area contributed by atoms with Crippen LogP contribution in [0.3, 0.4) is 0 Å². The molecule has 0 radical (unpaired) electrons. The number of nitrogens with one attached hydrogen (secondary N) is 1. The normalized spacial score (nSPS) is 13.6. The van der Waals surface area contributed by atoms with Crippen LogP contribution in [0.1, 0.15) is 355 Å². The number of rotatable bonds is 63. The summed E-state index contributed by atoms with van der Waals surface area (Å²) in [6, 6.07) is -0.880. The molecule has 0 aliphatic heterocycles. The summed E-state index contributed by atoms with van der Waals surface area (Å²) >= 11 is 0. The lowest BCUT2D eigenvalue weighted by molar-refractivity contribution is -0.870. The van der Waals surface area contributed by atoms with Crippen molar-refractivity contribution in [3.8, 4) is 0 Å². The molecule has 0 fully saturated rings. The Balaban J connectivity index is 5.08. The second kappa shape index (κ2) is 58.0. The summed E-state index contributed by atoms with van der Waals surface area (Å²) in [4.78, 5) is 40.1. The maximum atomic E-state index is 13.6. The number of phosphoric acid groups is 1. The van der Waals surface area contributed by atoms with Crippen LogP contribution in [0.2, 0.25) is 0 Å². The molecule has 1 N–H and O–H groups in total. The van der Waals surface area contributed by atoms with E-state index < -0.39 is 20.0 Å². The van der Waals surface area contributed by atoms with Gasteiger partial charge in [0.05, 0.1) is 33.8 Å². The molecule has 3 unspecified atom stereocenters. The van der Waals surface area contributed by atoms with E-state index >= 15 is 0 Å². The number of unbranched alkanes of at least 4 members (excludes halogenated alkanes) is 47. The van der Waals surface area contributed by atoms with Crippen molar-refractivity contribution in [3.05, 3.63) is 12.2 Å². The number of quaternary nitrogens is 1. The van der Waals surface area contributed by atoms with Crippen molar-refractivity contribution in [3.63, 3.8) is 0 Å². The number of likely N-dealkylation sites (N-methyl/N-ethyl adjacent to an activating group) is 1. The van der Waals surface area contributed by atoms with Crippen LogP contribution in [-0.4, -0.2) is 69.4 Å². The molecule has 3 atom stereocenters. The van der Waals surface area contributed by atoms with Crippen molar-refractivity contribution < 1.29 is 37.3 Å². The van der Waals surface area contributed by atoms with E-state index in [1.807, 2.05) is 33.3 Å². The third kappa shape index (κ3) is 59.2. The Morgan fingerprint density at radius 1 is 0.442 bits per heavy atom. The highest BCUT2D eigenvalue weighted by Gasteiger charge is 2.27. The predicted molar refractivity (Wildman–Crippen MR) is 330 cm³/mol. The third-order valence-corrected chi connectivity index (χ3v) is 16.7. The molecule has 0 aliphatic carbocycles. The molecule has 9 nitrogen and oxygen atoms in total. The molecule has 1 amide bonds. The summed E-state index contributed by atoms with van der Waals surface area (Å²) in [7, 11) is 1.21. The quantitative estimate of drug-likeness (QED) is 0.0212. The summed E-state index contributed by atoms with van der Waals surface area (Å²) < 4.78 is 30.4. The highest BCUT2D eigenvalue weighted by molar-refractivity contribution is 7.45. The van der Waals surface area contributed by atoms with E-state index in [2.05, 4.69) is 26.1 Å². The maximum Gasteiger partial charge on any atom is 0.306 e. The zero-order chi connectivity index (χ0) is 56.4. The number of ether oxygens (including phenoxy) is 1. The topological polar surface area (TPSA) is 114 Å². The van der Waals surface area contributed by atoms with Crippen molar-refractivity contribution in [1.82, 2.24) is 5.32 Å². The molecule has 0 aromatic heterocycles. The average Bonchev–Trinajstić information content (AvgIpc) is 3.39. The zero-order valence-electron chi connectivity index (χ0n) is 52.5. The summed E-state index contributed by atoms with van der Waals surface area (Å²) in [5, 5.41) is 3.05. The minimum absolute atomic E-state index is 0.0165. The van der Waals surface area contributed by atoms with E-state index in [1.165, 1.54) is 263 Å². The highest BCUT2D eigenvalue weighted by Crippen LogP contribution is 2.38. The SMILES string of the molecule is CCCCCCCCCCCCC/C=C\C(OC(=O)CCCCCCCCCCCCCCCCC)C(COP(=O)([O-])OCC[N+](C)(C)C)NC(=O)CCCCCCCCCCCCCCCCCCCCCCCCC. The van der Waals surface area contributed by atoms with Gasteiger partial charge in [0.15, 0.2) is 0 Å². The lowest BCUT2D eigenvalue weighted by Gasteiger charge is -2.30. The molecule has 0 bridgehead atoms. The number of hydrogen-bond acceptors (Lipinski definition) is 7. The fourth-order valence-corrected chi connectivity index (χ4v) is 11.2. The largest absolute Gasteiger partial charge is 0.756 e. The zero-order valence-corrected chi connectivity index (χ0v) is 53.3. The van der Waals surface area contributed by atoms with Crippen molar-refractivity contribution in [1.29, 1.82) is 0 Å². The van der Waals surface area contributed by atoms with Gasteiger partial charge in [0, 0.05) is 12.8 Å². The molecule has 0 aromatic carbocycles. The lowest BCUT2D eigenvalue weighted by Crippen LogP contribution is -2.47. The number of amides is 1. The Morgan fingerprint density at radius 3 is 1.06 bits per heavy atom. The van der Waals surface area contributed by atoms with Crippen LogP contribution in [0, 0.1) is 0 Å². The van der Waals surface area contributed by atoms with Gasteiger partial charge in [-0.1, -0.05) is 322 Å². The van der Waals surface area contributed by atoms with Crippen LogP contribution in [0.15, 0.2) is 12.2 Å². The highest BCUT2D eigenvalue weighted by atomic mass is 31.2. The monoisotopic (exact) mass is 1110 g/mol. The number of nitrogens with zero attached hydrogens (tertiary/aromatic N) is 1. The molecule has 10 heteroatoms. The van der Waals surface area contributed by atoms with Gasteiger partial charge in [0.1, 0.15) is 19.3 Å². The molecule has 77 heavy (non-hydrogen) atoms. The lowest BCUT2D eigenvalue weighted by atomic mass is 10.0. The van der Waals surface area contributed by atoms with Gasteiger partial charge < -0.3 is 28.5 Å². The van der Waals surface area contributed by atoms with E-state index in [0.717, 1.165) is 57.8 Å². The first-order valence-electron chi connectivity index (χ1n) is 34.0. The van der Waals surface area contributed by atoms with E-state index in [-0.39, 0.29) is 31.5 Å². The average molecular weight is 1110 g/mol. The summed E-state index contributed by atoms with van der Waals surface area (Å²) in [6.07, 6.45) is 67.5. The Morgan fingerprint density at radius 2 is 0.740 bits per heavy atom. The molecule has 0 rings (SSSR count).